The van der Waals surface area contributed by atoms with Gasteiger partial charge < -0.3 is 15.8 Å². The third kappa shape index (κ3) is 3.65. The lowest BCUT2D eigenvalue weighted by atomic mass is 9.98. The Hall–Kier alpha value is -1.71. The molecule has 3 N–H and O–H groups in total. The first-order chi connectivity index (χ1) is 8.45. The third-order valence-corrected chi connectivity index (χ3v) is 3.22. The van der Waals surface area contributed by atoms with Crippen molar-refractivity contribution in [1.82, 2.24) is 0 Å². The number of nitrogens with two attached hydrogens (primary N) is 1. The molecule has 0 amide bonds. The number of methoxy groups -OCH3 is 1. The SMILES string of the molecule is COC(=O)c1cc(NCC(C)C(C)C)ccc1N. The Labute approximate surface area is 109 Å². The van der Waals surface area contributed by atoms with Gasteiger partial charge in [-0.2, -0.15) is 0 Å². The van der Waals surface area contributed by atoms with E-state index in [1.807, 2.05) is 6.07 Å². The van der Waals surface area contributed by atoms with E-state index in [1.54, 1.807) is 12.1 Å². The summed E-state index contributed by atoms with van der Waals surface area (Å²) >= 11 is 0. The summed E-state index contributed by atoms with van der Waals surface area (Å²) in [7, 11) is 1.35. The fourth-order valence-corrected chi connectivity index (χ4v) is 1.47. The highest BCUT2D eigenvalue weighted by Gasteiger charge is 2.11. The molecule has 1 rings (SSSR count). The van der Waals surface area contributed by atoms with Crippen LogP contribution in [0.25, 0.3) is 0 Å². The summed E-state index contributed by atoms with van der Waals surface area (Å²) in [5, 5.41) is 3.31. The minimum absolute atomic E-state index is 0.403. The van der Waals surface area contributed by atoms with E-state index in [9.17, 15) is 4.79 Å². The summed E-state index contributed by atoms with van der Waals surface area (Å²) in [5.41, 5.74) is 7.46. The second-order valence-electron chi connectivity index (χ2n) is 4.90. The van der Waals surface area contributed by atoms with Crippen LogP contribution in [0.15, 0.2) is 18.2 Å². The first kappa shape index (κ1) is 14.4. The molecule has 100 valence electrons. The van der Waals surface area contributed by atoms with Gasteiger partial charge in [0, 0.05) is 17.9 Å². The van der Waals surface area contributed by atoms with Crippen LogP contribution in [0.1, 0.15) is 31.1 Å². The molecular weight excluding hydrogens is 228 g/mol. The highest BCUT2D eigenvalue weighted by molar-refractivity contribution is 5.96. The zero-order valence-electron chi connectivity index (χ0n) is 11.5. The summed E-state index contributed by atoms with van der Waals surface area (Å²) in [6.07, 6.45) is 0. The number of carbonyl (C=O) groups is 1. The van der Waals surface area contributed by atoms with Crippen LogP contribution in [0, 0.1) is 11.8 Å². The molecule has 4 heteroatoms. The van der Waals surface area contributed by atoms with Crippen LogP contribution in [0.2, 0.25) is 0 Å². The van der Waals surface area contributed by atoms with Crippen molar-refractivity contribution in [2.45, 2.75) is 20.8 Å². The number of ether oxygens (including phenoxy) is 1. The first-order valence-corrected chi connectivity index (χ1v) is 6.17. The fourth-order valence-electron chi connectivity index (χ4n) is 1.47. The van der Waals surface area contributed by atoms with Gasteiger partial charge in [-0.1, -0.05) is 20.8 Å². The molecule has 0 spiro atoms. The van der Waals surface area contributed by atoms with Gasteiger partial charge in [0.05, 0.1) is 12.7 Å². The van der Waals surface area contributed by atoms with Crippen LogP contribution in [0.5, 0.6) is 0 Å². The Morgan fingerprint density at radius 2 is 2.06 bits per heavy atom. The maximum absolute atomic E-state index is 11.5. The first-order valence-electron chi connectivity index (χ1n) is 6.17. The van der Waals surface area contributed by atoms with Crippen molar-refractivity contribution in [1.29, 1.82) is 0 Å². The van der Waals surface area contributed by atoms with Crippen molar-refractivity contribution in [2.24, 2.45) is 11.8 Å². The Bertz CT molecular complexity index is 416. The van der Waals surface area contributed by atoms with Crippen molar-refractivity contribution < 1.29 is 9.53 Å². The average Bonchev–Trinajstić information content (AvgIpc) is 2.36. The van der Waals surface area contributed by atoms with Gasteiger partial charge in [-0.25, -0.2) is 4.79 Å². The summed E-state index contributed by atoms with van der Waals surface area (Å²) in [6, 6.07) is 5.32. The molecule has 0 aliphatic heterocycles. The Kier molecular flexibility index (Phi) is 5.01. The molecule has 4 nitrogen and oxygen atoms in total. The molecule has 1 unspecified atom stereocenters. The van der Waals surface area contributed by atoms with E-state index in [-0.39, 0.29) is 0 Å². The summed E-state index contributed by atoms with van der Waals surface area (Å²) < 4.78 is 4.69. The van der Waals surface area contributed by atoms with Gasteiger partial charge in [0.2, 0.25) is 0 Å². The summed E-state index contributed by atoms with van der Waals surface area (Å²) in [5.74, 6) is 0.767. The molecule has 0 fully saturated rings. The third-order valence-electron chi connectivity index (χ3n) is 3.22. The molecule has 0 radical (unpaired) electrons. The number of hydrogen-bond acceptors (Lipinski definition) is 4. The highest BCUT2D eigenvalue weighted by Crippen LogP contribution is 2.19. The van der Waals surface area contributed by atoms with Gasteiger partial charge in [-0.3, -0.25) is 0 Å². The predicted octanol–water partition coefficient (Wildman–Crippen LogP) is 2.76. The molecular formula is C14H22N2O2. The topological polar surface area (TPSA) is 64.3 Å². The van der Waals surface area contributed by atoms with Crippen molar-refractivity contribution in [2.75, 3.05) is 24.7 Å². The fraction of sp³-hybridized carbons (Fsp3) is 0.500. The number of esters is 1. The monoisotopic (exact) mass is 250 g/mol. The van der Waals surface area contributed by atoms with Crippen molar-refractivity contribution in [3.63, 3.8) is 0 Å². The zero-order valence-corrected chi connectivity index (χ0v) is 11.5. The van der Waals surface area contributed by atoms with Crippen LogP contribution >= 0.6 is 0 Å². The highest BCUT2D eigenvalue weighted by atomic mass is 16.5. The number of nitrogen functional groups attached to an aromatic ring is 1. The second-order valence-corrected chi connectivity index (χ2v) is 4.90. The molecule has 1 aromatic rings. The minimum Gasteiger partial charge on any atom is -0.465 e. The van der Waals surface area contributed by atoms with Crippen LogP contribution < -0.4 is 11.1 Å². The van der Waals surface area contributed by atoms with Gasteiger partial charge in [0.25, 0.3) is 0 Å². The van der Waals surface area contributed by atoms with Crippen molar-refractivity contribution >= 4 is 17.3 Å². The predicted molar refractivity (Wildman–Crippen MR) is 74.7 cm³/mol. The molecule has 0 aromatic heterocycles. The van der Waals surface area contributed by atoms with E-state index in [1.165, 1.54) is 7.11 Å². The van der Waals surface area contributed by atoms with E-state index in [0.717, 1.165) is 12.2 Å². The minimum atomic E-state index is -0.409. The van der Waals surface area contributed by atoms with Gasteiger partial charge in [0.1, 0.15) is 0 Å². The molecule has 0 saturated carbocycles. The number of carbonyl (C=O) groups excluding carboxylic acids is 1. The summed E-state index contributed by atoms with van der Waals surface area (Å²) in [6.45, 7) is 7.43. The number of rotatable bonds is 5. The molecule has 0 heterocycles. The largest absolute Gasteiger partial charge is 0.465 e. The van der Waals surface area contributed by atoms with E-state index >= 15 is 0 Å². The lowest BCUT2D eigenvalue weighted by molar-refractivity contribution is 0.0602. The number of hydrogen-bond donors (Lipinski definition) is 2. The van der Waals surface area contributed by atoms with Crippen LogP contribution in [0.4, 0.5) is 11.4 Å². The average molecular weight is 250 g/mol. The number of benzene rings is 1. The van der Waals surface area contributed by atoms with Crippen LogP contribution in [0.3, 0.4) is 0 Å². The van der Waals surface area contributed by atoms with E-state index < -0.39 is 5.97 Å². The van der Waals surface area contributed by atoms with Crippen LogP contribution in [-0.4, -0.2) is 19.6 Å². The normalized spacial score (nSPS) is 12.3. The summed E-state index contributed by atoms with van der Waals surface area (Å²) in [4.78, 5) is 11.5. The van der Waals surface area contributed by atoms with Crippen LogP contribution in [-0.2, 0) is 4.74 Å². The smallest absolute Gasteiger partial charge is 0.340 e. The zero-order chi connectivity index (χ0) is 13.7. The molecule has 0 saturated heterocycles. The standard InChI is InChI=1S/C14H22N2O2/c1-9(2)10(3)8-16-11-5-6-13(15)12(7-11)14(17)18-4/h5-7,9-10,16H,8,15H2,1-4H3. The molecule has 18 heavy (non-hydrogen) atoms. The van der Waals surface area contributed by atoms with Gasteiger partial charge in [-0.15, -0.1) is 0 Å². The van der Waals surface area contributed by atoms with E-state index in [4.69, 9.17) is 5.73 Å². The maximum atomic E-state index is 11.5. The second kappa shape index (κ2) is 6.28. The number of nitrogens with one attached hydrogen (secondary N) is 1. The molecule has 1 atom stereocenters. The lowest BCUT2D eigenvalue weighted by Gasteiger charge is -2.17. The Morgan fingerprint density at radius 3 is 2.61 bits per heavy atom. The Balaban J connectivity index is 2.76. The lowest BCUT2D eigenvalue weighted by Crippen LogP contribution is -2.16. The van der Waals surface area contributed by atoms with Gasteiger partial charge in [0.15, 0.2) is 0 Å². The number of anilines is 2. The van der Waals surface area contributed by atoms with Crippen molar-refractivity contribution in [3.8, 4) is 0 Å². The van der Waals surface area contributed by atoms with Gasteiger partial charge in [-0.05, 0) is 30.0 Å². The molecule has 0 aliphatic rings. The molecule has 0 bridgehead atoms. The van der Waals surface area contributed by atoms with E-state index in [2.05, 4.69) is 30.8 Å². The molecule has 0 aliphatic carbocycles. The van der Waals surface area contributed by atoms with Gasteiger partial charge >= 0.3 is 5.97 Å². The molecule has 1 aromatic carbocycles. The van der Waals surface area contributed by atoms with Crippen molar-refractivity contribution in [3.05, 3.63) is 23.8 Å². The van der Waals surface area contributed by atoms with E-state index in [0.29, 0.717) is 23.1 Å². The Morgan fingerprint density at radius 1 is 1.39 bits per heavy atom. The maximum Gasteiger partial charge on any atom is 0.340 e. The quantitative estimate of drug-likeness (QED) is 0.623.